The van der Waals surface area contributed by atoms with E-state index in [4.69, 9.17) is 16.2 Å². The Kier molecular flexibility index (Phi) is 15.0. The van der Waals surface area contributed by atoms with E-state index in [2.05, 4.69) is 36.0 Å². The zero-order chi connectivity index (χ0) is 42.2. The molecule has 6 rings (SSSR count). The maximum atomic E-state index is 13.7. The highest BCUT2D eigenvalue weighted by molar-refractivity contribution is 5.91. The average Bonchev–Trinajstić information content (AvgIpc) is 3.25. The first-order valence-electron chi connectivity index (χ1n) is 21.7. The molecule has 1 saturated heterocycles. The van der Waals surface area contributed by atoms with Gasteiger partial charge in [0.05, 0.1) is 19.3 Å². The maximum Gasteiger partial charge on any atom is 0.185 e. The highest BCUT2D eigenvalue weighted by Crippen LogP contribution is 2.39. The number of aromatic hydroxyl groups is 2. The van der Waals surface area contributed by atoms with Crippen LogP contribution >= 0.6 is 0 Å². The first-order chi connectivity index (χ1) is 28.3. The number of piperidine rings is 1. The van der Waals surface area contributed by atoms with Crippen LogP contribution in [0.1, 0.15) is 124 Å². The summed E-state index contributed by atoms with van der Waals surface area (Å²) >= 11 is 0. The fourth-order valence-electron chi connectivity index (χ4n) is 9.64. The number of carbonyl (C=O) groups is 2. The largest absolute Gasteiger partial charge is 0.508 e. The number of aliphatic hydroxyl groups excluding tert-OH is 2. The van der Waals surface area contributed by atoms with Crippen molar-refractivity contribution in [3.8, 4) is 29.1 Å². The predicted molar refractivity (Wildman–Crippen MR) is 231 cm³/mol. The molecule has 0 radical (unpaired) electrons. The molecule has 0 bridgehead atoms. The summed E-state index contributed by atoms with van der Waals surface area (Å²) in [4.78, 5) is 29.8. The van der Waals surface area contributed by atoms with Crippen molar-refractivity contribution in [1.82, 2.24) is 5.32 Å². The Labute approximate surface area is 349 Å². The number of hydrogen-bond donors (Lipinski definition) is 7. The van der Waals surface area contributed by atoms with Crippen LogP contribution in [-0.2, 0) is 28.9 Å². The van der Waals surface area contributed by atoms with E-state index in [-0.39, 0.29) is 29.7 Å². The van der Waals surface area contributed by atoms with Crippen molar-refractivity contribution in [3.05, 3.63) is 64.2 Å². The van der Waals surface area contributed by atoms with Crippen molar-refractivity contribution in [3.63, 3.8) is 0 Å². The molecular formula is C48H64N4O7. The molecule has 0 amide bonds. The third-order valence-electron chi connectivity index (χ3n) is 12.7. The van der Waals surface area contributed by atoms with Gasteiger partial charge in [0.2, 0.25) is 0 Å². The molecule has 0 aromatic heterocycles. The topological polar surface area (TPSA) is 201 Å². The molecule has 1 saturated carbocycles. The molecule has 3 aliphatic rings. The smallest absolute Gasteiger partial charge is 0.185 e. The summed E-state index contributed by atoms with van der Waals surface area (Å²) in [6.45, 7) is 5.52. The number of aliphatic imine (C=N–C) groups is 1. The molecule has 318 valence electrons. The van der Waals surface area contributed by atoms with Gasteiger partial charge in [-0.2, -0.15) is 0 Å². The molecule has 1 aliphatic heterocycles. The number of unbranched alkanes of at least 4 members (excludes halogenated alkanes) is 1. The zero-order valence-electron chi connectivity index (χ0n) is 35.0. The van der Waals surface area contributed by atoms with Gasteiger partial charge in [0.25, 0.3) is 0 Å². The van der Waals surface area contributed by atoms with Crippen molar-refractivity contribution < 1.29 is 34.8 Å². The van der Waals surface area contributed by atoms with Gasteiger partial charge in [0.1, 0.15) is 17.5 Å². The molecule has 3 aromatic rings. The van der Waals surface area contributed by atoms with Gasteiger partial charge in [-0.25, -0.2) is 0 Å². The Morgan fingerprint density at radius 1 is 0.949 bits per heavy atom. The van der Waals surface area contributed by atoms with E-state index in [1.54, 1.807) is 24.3 Å². The number of phenols is 2. The van der Waals surface area contributed by atoms with Gasteiger partial charge in [0.15, 0.2) is 23.2 Å². The van der Waals surface area contributed by atoms with Crippen LogP contribution in [0.25, 0.3) is 10.8 Å². The third kappa shape index (κ3) is 11.4. The molecule has 2 fully saturated rings. The minimum absolute atomic E-state index is 0.00377. The molecule has 11 nitrogen and oxygen atoms in total. The molecule has 0 spiro atoms. The van der Waals surface area contributed by atoms with Crippen molar-refractivity contribution in [2.75, 3.05) is 20.2 Å². The Hall–Kier alpha value is -4.63. The Bertz CT molecular complexity index is 2070. The van der Waals surface area contributed by atoms with Crippen LogP contribution in [-0.4, -0.2) is 70.3 Å². The fourth-order valence-corrected chi connectivity index (χ4v) is 9.64. The fraction of sp³-hybridized carbons (Fsp3) is 0.562. The van der Waals surface area contributed by atoms with Crippen LogP contribution in [0.2, 0.25) is 0 Å². The summed E-state index contributed by atoms with van der Waals surface area (Å²) in [7, 11) is 1.49. The summed E-state index contributed by atoms with van der Waals surface area (Å²) in [6.07, 6.45) is 7.53. The third-order valence-corrected chi connectivity index (χ3v) is 12.7. The number of methoxy groups -OCH3 is 1. The van der Waals surface area contributed by atoms with E-state index in [1.165, 1.54) is 7.11 Å². The summed E-state index contributed by atoms with van der Waals surface area (Å²) in [6, 6.07) is 11.3. The molecular weight excluding hydrogens is 745 g/mol. The van der Waals surface area contributed by atoms with E-state index in [1.807, 2.05) is 12.1 Å². The van der Waals surface area contributed by atoms with Crippen LogP contribution in [0.3, 0.4) is 0 Å². The second kappa shape index (κ2) is 20.1. The normalized spacial score (nSPS) is 22.9. The Balaban J connectivity index is 1.20. The number of rotatable bonds is 16. The SMILES string of the molecule is COc1cc2c(cc1O)[C@@H](CC[C@H](O)c1cc(CCN=C(N)N)c3cc(O)cc(CC(C)C)c3c1)C#C[C@H]([C@H](O)CCCC[C@H]1CN[C@@H]3CC(=O)CC[C@H]3C1)C(=O)CC2. The first kappa shape index (κ1) is 43.9. The quantitative estimate of drug-likeness (QED) is 0.0374. The van der Waals surface area contributed by atoms with E-state index in [0.29, 0.717) is 86.8 Å². The number of carbonyl (C=O) groups excluding carboxylic acids is 2. The lowest BCUT2D eigenvalue weighted by Gasteiger charge is -2.39. The summed E-state index contributed by atoms with van der Waals surface area (Å²) in [5.74, 6) is 7.44. The second-order valence-electron chi connectivity index (χ2n) is 17.6. The van der Waals surface area contributed by atoms with E-state index >= 15 is 0 Å². The van der Waals surface area contributed by atoms with Crippen molar-refractivity contribution in [2.45, 2.75) is 128 Å². The number of nitrogens with one attached hydrogen (secondary N) is 1. The zero-order valence-corrected chi connectivity index (χ0v) is 35.0. The van der Waals surface area contributed by atoms with Crippen molar-refractivity contribution >= 4 is 28.3 Å². The number of benzene rings is 3. The highest BCUT2D eigenvalue weighted by atomic mass is 16.5. The number of nitrogens with zero attached hydrogens (tertiary/aromatic N) is 1. The van der Waals surface area contributed by atoms with E-state index in [9.17, 15) is 30.0 Å². The van der Waals surface area contributed by atoms with Crippen LogP contribution in [0.4, 0.5) is 0 Å². The molecule has 59 heavy (non-hydrogen) atoms. The first-order valence-corrected chi connectivity index (χ1v) is 21.7. The van der Waals surface area contributed by atoms with Crippen LogP contribution in [0.5, 0.6) is 17.2 Å². The summed E-state index contributed by atoms with van der Waals surface area (Å²) in [5, 5.41) is 50.4. The molecule has 9 N–H and O–H groups in total. The standard InChI is InChI=1S/C48H64N4O7/c1-28(2)18-34-21-37(54)24-41-32(16-17-51-48(49)50)20-35(22-40(34)41)43(55)14-10-30-9-13-38(45(57)15-11-31-23-47(59-3)46(58)26-39(30)31)44(56)7-5-4-6-29-19-33-8-12-36(53)25-42(33)52-27-29/h20-24,26,28-30,33,38,42-44,52,54-56,58H,4-8,10-12,14-19,25,27H2,1-3H3,(H4,49,50,51)/t29-,30-,33+,38-,42-,43+,44-/m1/s1. The molecule has 0 unspecified atom stereocenters. The van der Waals surface area contributed by atoms with Crippen molar-refractivity contribution in [1.29, 1.82) is 0 Å². The van der Waals surface area contributed by atoms with Gasteiger partial charge in [-0.3, -0.25) is 14.6 Å². The lowest BCUT2D eigenvalue weighted by atomic mass is 9.74. The maximum absolute atomic E-state index is 13.7. The van der Waals surface area contributed by atoms with Crippen LogP contribution in [0, 0.1) is 35.5 Å². The molecule has 2 aliphatic carbocycles. The van der Waals surface area contributed by atoms with Crippen LogP contribution < -0.4 is 21.5 Å². The number of ketones is 2. The minimum atomic E-state index is -0.905. The minimum Gasteiger partial charge on any atom is -0.508 e. The van der Waals surface area contributed by atoms with Gasteiger partial charge in [-0.15, -0.1) is 0 Å². The number of aliphatic hydroxyl groups is 2. The molecule has 11 heteroatoms. The monoisotopic (exact) mass is 808 g/mol. The molecule has 3 aromatic carbocycles. The number of nitrogens with two attached hydrogens (primary N) is 2. The van der Waals surface area contributed by atoms with E-state index in [0.717, 1.165) is 83.7 Å². The molecule has 7 atom stereocenters. The number of guanidine groups is 1. The Morgan fingerprint density at radius 3 is 2.51 bits per heavy atom. The lowest BCUT2D eigenvalue weighted by molar-refractivity contribution is -0.124. The summed E-state index contributed by atoms with van der Waals surface area (Å²) < 4.78 is 5.44. The van der Waals surface area contributed by atoms with Gasteiger partial charge in [0, 0.05) is 37.8 Å². The second-order valence-corrected chi connectivity index (χ2v) is 17.6. The number of fused-ring (bicyclic) bond motifs is 3. The number of aryl methyl sites for hydroxylation is 1. The number of hydrogen-bond acceptors (Lipinski definition) is 9. The van der Waals surface area contributed by atoms with Gasteiger partial charge >= 0.3 is 0 Å². The lowest BCUT2D eigenvalue weighted by Crippen LogP contribution is -2.48. The van der Waals surface area contributed by atoms with Gasteiger partial charge < -0.3 is 41.9 Å². The number of ether oxygens (including phenoxy) is 1. The highest BCUT2D eigenvalue weighted by Gasteiger charge is 2.35. The predicted octanol–water partition coefficient (Wildman–Crippen LogP) is 6.27. The average molecular weight is 809 g/mol. The van der Waals surface area contributed by atoms with Crippen molar-refractivity contribution in [2.24, 2.45) is 40.1 Å². The van der Waals surface area contributed by atoms with Gasteiger partial charge in [-0.05, 0) is 151 Å². The number of phenolic OH excluding ortho intramolecular Hbond substituents is 2. The van der Waals surface area contributed by atoms with Gasteiger partial charge in [-0.1, -0.05) is 44.6 Å². The Morgan fingerprint density at radius 2 is 1.75 bits per heavy atom. The van der Waals surface area contributed by atoms with E-state index < -0.39 is 24.0 Å². The number of Topliss-reactive ketones (excluding diaryl/α,β-unsaturated/α-hetero) is 2. The van der Waals surface area contributed by atoms with Crippen LogP contribution in [0.15, 0.2) is 41.4 Å². The molecule has 1 heterocycles. The summed E-state index contributed by atoms with van der Waals surface area (Å²) in [5.41, 5.74) is 15.5.